The van der Waals surface area contributed by atoms with Gasteiger partial charge in [0.1, 0.15) is 18.4 Å². The molecule has 8 heteroatoms. The Morgan fingerprint density at radius 3 is 2.64 bits per heavy atom. The van der Waals surface area contributed by atoms with Gasteiger partial charge < -0.3 is 24.8 Å². The maximum atomic E-state index is 12.0. The molecule has 1 aromatic carbocycles. The highest BCUT2D eigenvalue weighted by atomic mass is 16.5. The molecule has 1 heterocycles. The smallest absolute Gasteiger partial charge is 0.338 e. The van der Waals surface area contributed by atoms with E-state index in [2.05, 4.69) is 10.6 Å². The zero-order chi connectivity index (χ0) is 20.4. The summed E-state index contributed by atoms with van der Waals surface area (Å²) in [6.45, 7) is 4.84. The van der Waals surface area contributed by atoms with Gasteiger partial charge in [0.2, 0.25) is 5.91 Å². The minimum Gasteiger partial charge on any atom is -0.491 e. The lowest BCUT2D eigenvalue weighted by molar-refractivity contribution is -0.130. The largest absolute Gasteiger partial charge is 0.491 e. The van der Waals surface area contributed by atoms with Crippen molar-refractivity contribution in [3.63, 3.8) is 0 Å². The number of benzene rings is 1. The third-order valence-electron chi connectivity index (χ3n) is 4.20. The molecule has 1 aromatic rings. The summed E-state index contributed by atoms with van der Waals surface area (Å²) >= 11 is 0. The van der Waals surface area contributed by atoms with Crippen molar-refractivity contribution in [2.45, 2.75) is 45.3 Å². The molecule has 0 aromatic heterocycles. The maximum absolute atomic E-state index is 12.0. The van der Waals surface area contributed by atoms with Gasteiger partial charge in [-0.25, -0.2) is 4.79 Å². The zero-order valence-corrected chi connectivity index (χ0v) is 16.4. The molecule has 154 valence electrons. The number of hydrogen-bond donors (Lipinski definition) is 2. The zero-order valence-electron chi connectivity index (χ0n) is 16.4. The van der Waals surface area contributed by atoms with Crippen molar-refractivity contribution in [3.05, 3.63) is 29.8 Å². The summed E-state index contributed by atoms with van der Waals surface area (Å²) in [5, 5.41) is 5.17. The monoisotopic (exact) mass is 392 g/mol. The van der Waals surface area contributed by atoms with Crippen LogP contribution >= 0.6 is 0 Å². The number of rotatable bonds is 10. The number of carbonyl (C=O) groups is 3. The average Bonchev–Trinajstić information content (AvgIpc) is 3.22. The number of amides is 2. The quantitative estimate of drug-likeness (QED) is 0.584. The minimum absolute atomic E-state index is 0.120. The summed E-state index contributed by atoms with van der Waals surface area (Å²) in [5.74, 6) is -0.801. The lowest BCUT2D eigenvalue weighted by atomic mass is 10.2. The van der Waals surface area contributed by atoms with Crippen LogP contribution in [-0.4, -0.2) is 56.3 Å². The van der Waals surface area contributed by atoms with Gasteiger partial charge in [-0.2, -0.15) is 0 Å². The van der Waals surface area contributed by atoms with E-state index in [1.54, 1.807) is 31.2 Å². The molecule has 8 nitrogen and oxygen atoms in total. The number of esters is 1. The van der Waals surface area contributed by atoms with Crippen LogP contribution < -0.4 is 15.4 Å². The van der Waals surface area contributed by atoms with E-state index in [0.29, 0.717) is 24.5 Å². The van der Waals surface area contributed by atoms with Crippen LogP contribution in [0.1, 0.15) is 43.5 Å². The molecule has 1 aliphatic rings. The summed E-state index contributed by atoms with van der Waals surface area (Å²) in [7, 11) is 0. The molecule has 2 N–H and O–H groups in total. The van der Waals surface area contributed by atoms with Crippen LogP contribution in [0.2, 0.25) is 0 Å². The van der Waals surface area contributed by atoms with Crippen molar-refractivity contribution in [2.75, 3.05) is 26.4 Å². The van der Waals surface area contributed by atoms with E-state index < -0.39 is 24.5 Å². The Morgan fingerprint density at radius 2 is 2.00 bits per heavy atom. The van der Waals surface area contributed by atoms with Gasteiger partial charge in [-0.1, -0.05) is 6.92 Å². The lowest BCUT2D eigenvalue weighted by Gasteiger charge is -2.14. The van der Waals surface area contributed by atoms with Gasteiger partial charge in [-0.15, -0.1) is 0 Å². The van der Waals surface area contributed by atoms with E-state index in [0.717, 1.165) is 25.9 Å². The second-order valence-electron chi connectivity index (χ2n) is 6.63. The van der Waals surface area contributed by atoms with Crippen LogP contribution in [0, 0.1) is 0 Å². The van der Waals surface area contributed by atoms with Crippen molar-refractivity contribution in [1.29, 1.82) is 0 Å². The van der Waals surface area contributed by atoms with Crippen LogP contribution in [0.4, 0.5) is 0 Å². The Hall–Kier alpha value is -2.61. The molecule has 0 unspecified atom stereocenters. The third-order valence-corrected chi connectivity index (χ3v) is 4.20. The van der Waals surface area contributed by atoms with Gasteiger partial charge in [0, 0.05) is 13.2 Å². The maximum Gasteiger partial charge on any atom is 0.338 e. The van der Waals surface area contributed by atoms with Gasteiger partial charge in [0.15, 0.2) is 6.61 Å². The molecule has 1 aliphatic heterocycles. The van der Waals surface area contributed by atoms with Crippen LogP contribution in [-0.2, 0) is 19.1 Å². The van der Waals surface area contributed by atoms with E-state index in [1.165, 1.54) is 0 Å². The second-order valence-corrected chi connectivity index (χ2v) is 6.63. The Bertz CT molecular complexity index is 655. The Morgan fingerprint density at radius 1 is 1.25 bits per heavy atom. The fourth-order valence-corrected chi connectivity index (χ4v) is 2.62. The minimum atomic E-state index is -0.696. The average molecular weight is 392 g/mol. The molecular formula is C20H28N2O6. The van der Waals surface area contributed by atoms with Gasteiger partial charge >= 0.3 is 5.97 Å². The molecule has 0 radical (unpaired) electrons. The molecule has 0 bridgehead atoms. The summed E-state index contributed by atoms with van der Waals surface area (Å²) in [6.07, 6.45) is 2.97. The predicted octanol–water partition coefficient (Wildman–Crippen LogP) is 1.43. The number of hydrogen-bond acceptors (Lipinski definition) is 6. The van der Waals surface area contributed by atoms with E-state index in [4.69, 9.17) is 14.2 Å². The highest BCUT2D eigenvalue weighted by Gasteiger charge is 2.18. The normalized spacial score (nSPS) is 16.9. The number of ether oxygens (including phenoxy) is 3. The number of carbonyl (C=O) groups excluding carboxylic acids is 3. The van der Waals surface area contributed by atoms with Crippen LogP contribution in [0.5, 0.6) is 5.75 Å². The van der Waals surface area contributed by atoms with E-state index in [1.807, 2.05) is 6.92 Å². The summed E-state index contributed by atoms with van der Waals surface area (Å²) in [6, 6.07) is 5.80. The highest BCUT2D eigenvalue weighted by Crippen LogP contribution is 2.17. The summed E-state index contributed by atoms with van der Waals surface area (Å²) < 4.78 is 16.1. The van der Waals surface area contributed by atoms with Gasteiger partial charge in [-0.05, 0) is 50.5 Å². The van der Waals surface area contributed by atoms with Crippen LogP contribution in [0.15, 0.2) is 24.3 Å². The van der Waals surface area contributed by atoms with Crippen molar-refractivity contribution >= 4 is 17.8 Å². The first-order valence-electron chi connectivity index (χ1n) is 9.58. The standard InChI is InChI=1S/C20H28N2O6/c1-3-10-21-19(24)14(2)22-18(23)13-28-20(25)15-6-8-16(9-7-15)27-12-17-5-4-11-26-17/h6-9,14,17H,3-5,10-13H2,1-2H3,(H,21,24)(H,22,23)/t14-,17+/m1/s1. The molecule has 28 heavy (non-hydrogen) atoms. The van der Waals surface area contributed by atoms with Crippen molar-refractivity contribution in [1.82, 2.24) is 10.6 Å². The van der Waals surface area contributed by atoms with Gasteiger partial charge in [-0.3, -0.25) is 9.59 Å². The van der Waals surface area contributed by atoms with Crippen molar-refractivity contribution < 1.29 is 28.6 Å². The molecule has 0 aliphatic carbocycles. The van der Waals surface area contributed by atoms with Gasteiger partial charge in [0.05, 0.1) is 11.7 Å². The van der Waals surface area contributed by atoms with Crippen molar-refractivity contribution in [2.24, 2.45) is 0 Å². The van der Waals surface area contributed by atoms with Crippen LogP contribution in [0.3, 0.4) is 0 Å². The molecule has 1 saturated heterocycles. The Labute approximate surface area is 164 Å². The summed E-state index contributed by atoms with van der Waals surface area (Å²) in [4.78, 5) is 35.6. The van der Waals surface area contributed by atoms with Crippen LogP contribution in [0.25, 0.3) is 0 Å². The Kier molecular flexibility index (Phi) is 8.74. The molecule has 2 atom stereocenters. The number of nitrogens with one attached hydrogen (secondary N) is 2. The second kappa shape index (κ2) is 11.3. The lowest BCUT2D eigenvalue weighted by Crippen LogP contribution is -2.46. The first-order valence-corrected chi connectivity index (χ1v) is 9.58. The Balaban J connectivity index is 1.71. The van der Waals surface area contributed by atoms with Gasteiger partial charge in [0.25, 0.3) is 5.91 Å². The molecule has 0 spiro atoms. The predicted molar refractivity (Wildman–Crippen MR) is 102 cm³/mol. The molecule has 0 saturated carbocycles. The van der Waals surface area contributed by atoms with Crippen molar-refractivity contribution in [3.8, 4) is 5.75 Å². The van der Waals surface area contributed by atoms with E-state index in [-0.39, 0.29) is 12.0 Å². The first-order chi connectivity index (χ1) is 13.5. The summed E-state index contributed by atoms with van der Waals surface area (Å²) in [5.41, 5.74) is 0.311. The molecule has 1 fully saturated rings. The fourth-order valence-electron chi connectivity index (χ4n) is 2.62. The molecule has 2 amide bonds. The van der Waals surface area contributed by atoms with E-state index in [9.17, 15) is 14.4 Å². The topological polar surface area (TPSA) is 103 Å². The fraction of sp³-hybridized carbons (Fsp3) is 0.550. The third kappa shape index (κ3) is 7.19. The molecular weight excluding hydrogens is 364 g/mol. The highest BCUT2D eigenvalue weighted by molar-refractivity contribution is 5.92. The first kappa shape index (κ1) is 21.7. The SMILES string of the molecule is CCCNC(=O)[C@@H](C)NC(=O)COC(=O)c1ccc(OC[C@@H]2CCCO2)cc1. The van der Waals surface area contributed by atoms with E-state index >= 15 is 0 Å². The molecule has 2 rings (SSSR count).